The number of aromatic nitrogens is 2. The number of halogens is 4. The summed E-state index contributed by atoms with van der Waals surface area (Å²) in [6.45, 7) is 0.0216. The van der Waals surface area contributed by atoms with Gasteiger partial charge in [0.2, 0.25) is 0 Å². The molecular weight excluding hydrogens is 460 g/mol. The number of benzene rings is 2. The maximum absolute atomic E-state index is 13.4. The molecule has 0 saturated carbocycles. The third kappa shape index (κ3) is 4.94. The van der Waals surface area contributed by atoms with E-state index in [2.05, 4.69) is 10.3 Å². The maximum atomic E-state index is 13.4. The molecule has 6 nitrogen and oxygen atoms in total. The molecule has 2 heterocycles. The lowest BCUT2D eigenvalue weighted by molar-refractivity contribution is -0.138. The van der Waals surface area contributed by atoms with Crippen molar-refractivity contribution in [2.24, 2.45) is 7.05 Å². The summed E-state index contributed by atoms with van der Waals surface area (Å²) in [5.41, 5.74) is 0.0115. The lowest BCUT2D eigenvalue weighted by Gasteiger charge is -2.21. The molecule has 1 fully saturated rings. The molecule has 11 heteroatoms. The number of sulfonamides is 1. The van der Waals surface area contributed by atoms with E-state index in [1.54, 1.807) is 19.2 Å². The lowest BCUT2D eigenvalue weighted by atomic mass is 9.94. The van der Waals surface area contributed by atoms with Crippen molar-refractivity contribution in [3.63, 3.8) is 0 Å². The third-order valence-electron chi connectivity index (χ3n) is 5.75. The number of hydrogen-bond donors (Lipinski definition) is 1. The third-order valence-corrected chi connectivity index (χ3v) is 7.46. The predicted octanol–water partition coefficient (Wildman–Crippen LogP) is 3.52. The van der Waals surface area contributed by atoms with Crippen molar-refractivity contribution in [3.05, 3.63) is 83.6 Å². The molecule has 3 aromatic rings. The Morgan fingerprint density at radius 2 is 1.79 bits per heavy atom. The Bertz CT molecular complexity index is 1230. The summed E-state index contributed by atoms with van der Waals surface area (Å²) in [6, 6.07) is 10.4. The monoisotopic (exact) mass is 482 g/mol. The van der Waals surface area contributed by atoms with Gasteiger partial charge in [0.25, 0.3) is 10.0 Å². The highest BCUT2D eigenvalue weighted by Crippen LogP contribution is 2.34. The first-order chi connectivity index (χ1) is 15.6. The number of alkyl halides is 3. The molecule has 1 N–H and O–H groups in total. The van der Waals surface area contributed by atoms with E-state index in [1.807, 2.05) is 0 Å². The van der Waals surface area contributed by atoms with Gasteiger partial charge < -0.3 is 9.88 Å². The average molecular weight is 483 g/mol. The summed E-state index contributed by atoms with van der Waals surface area (Å²) < 4.78 is 82.6. The van der Waals surface area contributed by atoms with Crippen LogP contribution in [0.25, 0.3) is 0 Å². The highest BCUT2D eigenvalue weighted by molar-refractivity contribution is 7.89. The fraction of sp³-hybridized carbons (Fsp3) is 0.318. The van der Waals surface area contributed by atoms with Gasteiger partial charge in [-0.1, -0.05) is 30.3 Å². The van der Waals surface area contributed by atoms with E-state index in [1.165, 1.54) is 51.7 Å². The topological polar surface area (TPSA) is 67.2 Å². The van der Waals surface area contributed by atoms with Crippen LogP contribution in [0.5, 0.6) is 0 Å². The van der Waals surface area contributed by atoms with Crippen LogP contribution in [0.2, 0.25) is 0 Å². The molecule has 0 radical (unpaired) electrons. The van der Waals surface area contributed by atoms with Gasteiger partial charge >= 0.3 is 6.18 Å². The molecule has 2 atom stereocenters. The van der Waals surface area contributed by atoms with Crippen LogP contribution in [-0.2, 0) is 29.8 Å². The second kappa shape index (κ2) is 8.88. The normalized spacial score (nSPS) is 19.8. The van der Waals surface area contributed by atoms with Crippen LogP contribution in [0.3, 0.4) is 0 Å². The molecule has 1 saturated heterocycles. The molecule has 0 spiro atoms. The number of nitrogens with one attached hydrogen (secondary N) is 1. The van der Waals surface area contributed by atoms with E-state index in [4.69, 9.17) is 0 Å². The van der Waals surface area contributed by atoms with Crippen LogP contribution in [0.1, 0.15) is 22.6 Å². The van der Waals surface area contributed by atoms with Gasteiger partial charge in [-0.05, 0) is 29.3 Å². The van der Waals surface area contributed by atoms with Crippen LogP contribution >= 0.6 is 0 Å². The number of hydrogen-bond acceptors (Lipinski definition) is 4. The summed E-state index contributed by atoms with van der Waals surface area (Å²) in [7, 11) is -2.25. The van der Waals surface area contributed by atoms with Crippen LogP contribution in [0.15, 0.2) is 66.1 Å². The van der Waals surface area contributed by atoms with E-state index < -0.39 is 33.6 Å². The van der Waals surface area contributed by atoms with Crippen LogP contribution in [0, 0.1) is 5.82 Å². The van der Waals surface area contributed by atoms with Gasteiger partial charge in [-0.3, -0.25) is 0 Å². The molecule has 4 rings (SSSR count). The van der Waals surface area contributed by atoms with Crippen molar-refractivity contribution in [3.8, 4) is 0 Å². The smallest absolute Gasteiger partial charge is 0.339 e. The highest BCUT2D eigenvalue weighted by atomic mass is 32.2. The van der Waals surface area contributed by atoms with Gasteiger partial charge in [0.15, 0.2) is 5.03 Å². The number of imidazole rings is 1. The zero-order chi connectivity index (χ0) is 23.8. The second-order valence-electron chi connectivity index (χ2n) is 8.00. The molecule has 1 aliphatic heterocycles. The van der Waals surface area contributed by atoms with Crippen LogP contribution < -0.4 is 5.32 Å². The molecule has 1 aromatic heterocycles. The maximum Gasteiger partial charge on any atom is 0.416 e. The van der Waals surface area contributed by atoms with Gasteiger partial charge in [-0.2, -0.15) is 17.5 Å². The molecule has 33 heavy (non-hydrogen) atoms. The Hall–Kier alpha value is -2.76. The first kappa shape index (κ1) is 23.4. The first-order valence-corrected chi connectivity index (χ1v) is 11.6. The second-order valence-corrected chi connectivity index (χ2v) is 9.88. The minimum absolute atomic E-state index is 0.0368. The van der Waals surface area contributed by atoms with Crippen LogP contribution in [0.4, 0.5) is 17.6 Å². The Balaban J connectivity index is 1.61. The first-order valence-electron chi connectivity index (χ1n) is 10.2. The lowest BCUT2D eigenvalue weighted by Crippen LogP contribution is -2.36. The standard InChI is InChI=1S/C22H22F4N4O2S/c1-29-13-21(28-14-29)33(31,32)30-11-18(15-6-8-17(23)9-7-15)20(12-30)27-10-16-4-2-3-5-19(16)22(24,25)26/h2-9,13-14,18,20,27H,10-12H2,1H3. The van der Waals surface area contributed by atoms with Gasteiger partial charge in [0.1, 0.15) is 5.82 Å². The summed E-state index contributed by atoms with van der Waals surface area (Å²) in [4.78, 5) is 3.94. The van der Waals surface area contributed by atoms with Gasteiger partial charge in [0.05, 0.1) is 11.9 Å². The van der Waals surface area contributed by atoms with Gasteiger partial charge in [0, 0.05) is 44.8 Å². The molecule has 0 amide bonds. The number of aryl methyl sites for hydroxylation is 1. The van der Waals surface area contributed by atoms with E-state index in [0.29, 0.717) is 5.56 Å². The van der Waals surface area contributed by atoms with E-state index in [9.17, 15) is 26.0 Å². The number of rotatable bonds is 6. The summed E-state index contributed by atoms with van der Waals surface area (Å²) >= 11 is 0. The summed E-state index contributed by atoms with van der Waals surface area (Å²) in [6.07, 6.45) is -1.73. The minimum Gasteiger partial charge on any atom is -0.339 e. The Morgan fingerprint density at radius 1 is 1.09 bits per heavy atom. The molecular formula is C22H22F4N4O2S. The van der Waals surface area contributed by atoms with Crippen molar-refractivity contribution < 1.29 is 26.0 Å². The van der Waals surface area contributed by atoms with E-state index >= 15 is 0 Å². The van der Waals surface area contributed by atoms with Crippen molar-refractivity contribution in [2.75, 3.05) is 13.1 Å². The van der Waals surface area contributed by atoms with Gasteiger partial charge in [-0.15, -0.1) is 0 Å². The highest BCUT2D eigenvalue weighted by Gasteiger charge is 2.41. The van der Waals surface area contributed by atoms with Crippen LogP contribution in [-0.4, -0.2) is 41.4 Å². The summed E-state index contributed by atoms with van der Waals surface area (Å²) in [5.74, 6) is -0.819. The minimum atomic E-state index is -4.50. The molecule has 0 aliphatic carbocycles. The Morgan fingerprint density at radius 3 is 2.42 bits per heavy atom. The molecule has 0 bridgehead atoms. The average Bonchev–Trinajstić information content (AvgIpc) is 3.40. The summed E-state index contributed by atoms with van der Waals surface area (Å²) in [5, 5.41) is 3.00. The zero-order valence-electron chi connectivity index (χ0n) is 17.6. The van der Waals surface area contributed by atoms with Crippen molar-refractivity contribution in [1.82, 2.24) is 19.2 Å². The van der Waals surface area contributed by atoms with E-state index in [-0.39, 0.29) is 36.1 Å². The quantitative estimate of drug-likeness (QED) is 0.546. The Labute approximate surface area is 188 Å². The largest absolute Gasteiger partial charge is 0.416 e. The van der Waals surface area contributed by atoms with Crippen molar-refractivity contribution in [1.29, 1.82) is 0 Å². The Kier molecular flexibility index (Phi) is 6.30. The number of nitrogens with zero attached hydrogens (tertiary/aromatic N) is 3. The fourth-order valence-electron chi connectivity index (χ4n) is 4.06. The molecule has 2 aromatic carbocycles. The zero-order valence-corrected chi connectivity index (χ0v) is 18.4. The van der Waals surface area contributed by atoms with Gasteiger partial charge in [-0.25, -0.2) is 17.8 Å². The van der Waals surface area contributed by atoms with E-state index in [0.717, 1.165) is 6.07 Å². The fourth-order valence-corrected chi connectivity index (χ4v) is 5.52. The molecule has 2 unspecified atom stereocenters. The van der Waals surface area contributed by atoms with Crippen molar-refractivity contribution >= 4 is 10.0 Å². The molecule has 176 valence electrons. The predicted molar refractivity (Wildman–Crippen MR) is 113 cm³/mol. The van der Waals surface area contributed by atoms with Crippen molar-refractivity contribution in [2.45, 2.75) is 29.7 Å². The molecule has 1 aliphatic rings. The SMILES string of the molecule is Cn1cnc(S(=O)(=O)N2CC(NCc3ccccc3C(F)(F)F)C(c3ccc(F)cc3)C2)c1.